The van der Waals surface area contributed by atoms with E-state index in [1.54, 1.807) is 23.3 Å². The molecule has 0 saturated heterocycles. The predicted octanol–water partition coefficient (Wildman–Crippen LogP) is 0.680. The zero-order valence-corrected chi connectivity index (χ0v) is 13.0. The molecule has 2 aromatic rings. The van der Waals surface area contributed by atoms with Gasteiger partial charge < -0.3 is 0 Å². The SMILES string of the molecule is COS(=O)(=O)CC[n+]1ccc(-c2nccc(C3CC3)n2)cn1. The molecule has 1 saturated carbocycles. The van der Waals surface area contributed by atoms with E-state index in [1.807, 2.05) is 12.1 Å². The summed E-state index contributed by atoms with van der Waals surface area (Å²) in [6, 6.07) is 3.78. The number of aryl methyl sites for hydroxylation is 1. The minimum Gasteiger partial charge on any atom is -0.273 e. The van der Waals surface area contributed by atoms with Gasteiger partial charge in [0, 0.05) is 29.4 Å². The first-order valence-corrected chi connectivity index (χ1v) is 8.62. The Morgan fingerprint density at radius 1 is 1.36 bits per heavy atom. The normalized spacial score (nSPS) is 15.0. The molecule has 1 aliphatic carbocycles. The highest BCUT2D eigenvalue weighted by Gasteiger charge is 2.25. The van der Waals surface area contributed by atoms with Crippen LogP contribution in [-0.4, -0.2) is 36.3 Å². The van der Waals surface area contributed by atoms with Crippen LogP contribution in [-0.2, 0) is 20.8 Å². The maximum atomic E-state index is 11.3. The molecular formula is C14H17N4O3S+. The highest BCUT2D eigenvalue weighted by Crippen LogP contribution is 2.39. The highest BCUT2D eigenvalue weighted by atomic mass is 32.2. The molecule has 2 heterocycles. The molecular weight excluding hydrogens is 304 g/mol. The molecule has 0 spiro atoms. The summed E-state index contributed by atoms with van der Waals surface area (Å²) in [7, 11) is -2.32. The van der Waals surface area contributed by atoms with Gasteiger partial charge in [-0.3, -0.25) is 4.18 Å². The van der Waals surface area contributed by atoms with E-state index in [9.17, 15) is 8.42 Å². The maximum Gasteiger partial charge on any atom is 0.273 e. The Kier molecular flexibility index (Phi) is 4.12. The minimum absolute atomic E-state index is 0.117. The molecule has 0 radical (unpaired) electrons. The van der Waals surface area contributed by atoms with Crippen molar-refractivity contribution in [2.45, 2.75) is 25.3 Å². The van der Waals surface area contributed by atoms with E-state index in [4.69, 9.17) is 0 Å². The van der Waals surface area contributed by atoms with Crippen LogP contribution in [0.3, 0.4) is 0 Å². The van der Waals surface area contributed by atoms with Gasteiger partial charge >= 0.3 is 0 Å². The molecule has 0 aromatic carbocycles. The van der Waals surface area contributed by atoms with Gasteiger partial charge in [-0.1, -0.05) is 4.68 Å². The zero-order chi connectivity index (χ0) is 15.6. The second-order valence-corrected chi connectivity index (χ2v) is 7.04. The molecule has 22 heavy (non-hydrogen) atoms. The summed E-state index contributed by atoms with van der Waals surface area (Å²) in [4.78, 5) is 8.83. The van der Waals surface area contributed by atoms with Crippen molar-refractivity contribution in [3.8, 4) is 11.4 Å². The topological polar surface area (TPSA) is 85.9 Å². The fourth-order valence-electron chi connectivity index (χ4n) is 2.06. The molecule has 8 heteroatoms. The Bertz CT molecular complexity index is 758. The van der Waals surface area contributed by atoms with Gasteiger partial charge in [0.05, 0.1) is 7.11 Å². The van der Waals surface area contributed by atoms with Crippen LogP contribution in [0.25, 0.3) is 11.4 Å². The standard InChI is InChI=1S/C14H17N4O3S/c1-21-22(19,20)9-8-18-7-5-12(10-16-18)14-15-6-4-13(17-14)11-2-3-11/h4-7,10-11H,2-3,8-9H2,1H3/q+1. The van der Waals surface area contributed by atoms with Gasteiger partial charge in [-0.2, -0.15) is 8.42 Å². The van der Waals surface area contributed by atoms with Crippen molar-refractivity contribution in [3.63, 3.8) is 0 Å². The van der Waals surface area contributed by atoms with Crippen LogP contribution in [0, 0.1) is 0 Å². The van der Waals surface area contributed by atoms with Gasteiger partial charge in [-0.15, -0.1) is 0 Å². The molecule has 2 aromatic heterocycles. The number of rotatable bonds is 6. The summed E-state index contributed by atoms with van der Waals surface area (Å²) in [6.07, 6.45) is 7.51. The third-order valence-electron chi connectivity index (χ3n) is 3.53. The molecule has 0 bridgehead atoms. The van der Waals surface area contributed by atoms with E-state index in [0.29, 0.717) is 11.7 Å². The Morgan fingerprint density at radius 3 is 2.82 bits per heavy atom. The largest absolute Gasteiger partial charge is 0.273 e. The first-order chi connectivity index (χ1) is 10.6. The fraction of sp³-hybridized carbons (Fsp3) is 0.429. The van der Waals surface area contributed by atoms with Crippen LogP contribution in [0.2, 0.25) is 0 Å². The summed E-state index contributed by atoms with van der Waals surface area (Å²) in [5.74, 6) is 1.10. The summed E-state index contributed by atoms with van der Waals surface area (Å²) >= 11 is 0. The molecule has 0 aliphatic heterocycles. The predicted molar refractivity (Wildman–Crippen MR) is 78.2 cm³/mol. The van der Waals surface area contributed by atoms with Gasteiger partial charge in [0.25, 0.3) is 10.1 Å². The van der Waals surface area contributed by atoms with E-state index < -0.39 is 10.1 Å². The molecule has 0 amide bonds. The lowest BCUT2D eigenvalue weighted by molar-refractivity contribution is -0.750. The maximum absolute atomic E-state index is 11.3. The van der Waals surface area contributed by atoms with Crippen LogP contribution >= 0.6 is 0 Å². The number of hydrogen-bond donors (Lipinski definition) is 0. The fourth-order valence-corrected chi connectivity index (χ4v) is 2.63. The van der Waals surface area contributed by atoms with Crippen molar-refractivity contribution in [3.05, 3.63) is 36.4 Å². The molecule has 116 valence electrons. The summed E-state index contributed by atoms with van der Waals surface area (Å²) < 4.78 is 28.5. The average molecular weight is 321 g/mol. The van der Waals surface area contributed by atoms with Gasteiger partial charge in [0.1, 0.15) is 11.9 Å². The van der Waals surface area contributed by atoms with Crippen LogP contribution in [0.4, 0.5) is 0 Å². The van der Waals surface area contributed by atoms with Gasteiger partial charge in [0.15, 0.2) is 18.6 Å². The molecule has 1 aliphatic rings. The highest BCUT2D eigenvalue weighted by molar-refractivity contribution is 7.86. The molecule has 0 unspecified atom stereocenters. The minimum atomic E-state index is -3.47. The van der Waals surface area contributed by atoms with Crippen LogP contribution in [0.15, 0.2) is 30.7 Å². The Hall–Kier alpha value is -1.93. The third-order valence-corrected chi connectivity index (χ3v) is 4.72. The molecule has 1 fully saturated rings. The van der Waals surface area contributed by atoms with E-state index >= 15 is 0 Å². The summed E-state index contributed by atoms with van der Waals surface area (Å²) in [5.41, 5.74) is 1.89. The Labute approximate surface area is 129 Å². The smallest absolute Gasteiger partial charge is 0.273 e. The number of aromatic nitrogens is 4. The van der Waals surface area contributed by atoms with Crippen molar-refractivity contribution in [2.75, 3.05) is 12.9 Å². The third kappa shape index (κ3) is 3.63. The molecule has 0 N–H and O–H groups in total. The molecule has 7 nitrogen and oxygen atoms in total. The van der Waals surface area contributed by atoms with E-state index in [1.165, 1.54) is 12.8 Å². The zero-order valence-electron chi connectivity index (χ0n) is 12.2. The van der Waals surface area contributed by atoms with Crippen molar-refractivity contribution in [2.24, 2.45) is 0 Å². The monoisotopic (exact) mass is 321 g/mol. The molecule has 0 atom stereocenters. The Balaban J connectivity index is 1.72. The van der Waals surface area contributed by atoms with Crippen LogP contribution in [0.5, 0.6) is 0 Å². The van der Waals surface area contributed by atoms with Crippen molar-refractivity contribution in [1.29, 1.82) is 0 Å². The van der Waals surface area contributed by atoms with Crippen molar-refractivity contribution >= 4 is 10.1 Å². The Morgan fingerprint density at radius 2 is 2.18 bits per heavy atom. The summed E-state index contributed by atoms with van der Waals surface area (Å²) in [5, 5.41) is 4.20. The molecule has 3 rings (SSSR count). The van der Waals surface area contributed by atoms with Gasteiger partial charge in [0.2, 0.25) is 0 Å². The first-order valence-electron chi connectivity index (χ1n) is 7.05. The number of nitrogens with zero attached hydrogens (tertiary/aromatic N) is 4. The van der Waals surface area contributed by atoms with E-state index in [-0.39, 0.29) is 12.3 Å². The first kappa shape index (κ1) is 15.0. The quantitative estimate of drug-likeness (QED) is 0.574. The lowest BCUT2D eigenvalue weighted by Gasteiger charge is -2.02. The second-order valence-electron chi connectivity index (χ2n) is 5.19. The van der Waals surface area contributed by atoms with Gasteiger partial charge in [-0.05, 0) is 24.0 Å². The summed E-state index contributed by atoms with van der Waals surface area (Å²) in [6.45, 7) is 0.236. The van der Waals surface area contributed by atoms with Crippen molar-refractivity contribution < 1.29 is 17.3 Å². The lowest BCUT2D eigenvalue weighted by atomic mass is 10.2. The second kappa shape index (κ2) is 6.05. The van der Waals surface area contributed by atoms with Crippen LogP contribution in [0.1, 0.15) is 24.5 Å². The van der Waals surface area contributed by atoms with E-state index in [0.717, 1.165) is 18.4 Å². The van der Waals surface area contributed by atoms with Gasteiger partial charge in [-0.25, -0.2) is 9.97 Å². The number of hydrogen-bond acceptors (Lipinski definition) is 6. The average Bonchev–Trinajstić information content (AvgIpc) is 3.39. The lowest BCUT2D eigenvalue weighted by Crippen LogP contribution is -2.40. The van der Waals surface area contributed by atoms with Crippen LogP contribution < -0.4 is 4.68 Å². The van der Waals surface area contributed by atoms with E-state index in [2.05, 4.69) is 19.2 Å². The van der Waals surface area contributed by atoms with Crippen molar-refractivity contribution in [1.82, 2.24) is 15.1 Å².